The molecular weight excluding hydrogens is 116 g/mol. The molecule has 2 heterocycles. The van der Waals surface area contributed by atoms with E-state index in [4.69, 9.17) is 4.74 Å². The van der Waals surface area contributed by atoms with Crippen LogP contribution in [0.3, 0.4) is 0 Å². The molecule has 2 rings (SSSR count). The van der Waals surface area contributed by atoms with Crippen LogP contribution in [0.15, 0.2) is 16.9 Å². The van der Waals surface area contributed by atoms with Crippen molar-refractivity contribution in [3.8, 4) is 0 Å². The SMILES string of the molecule is CC1=CNC2OC2C=N1. The van der Waals surface area contributed by atoms with Gasteiger partial charge in [-0.15, -0.1) is 0 Å². The largest absolute Gasteiger partial charge is 0.362 e. The van der Waals surface area contributed by atoms with Crippen molar-refractivity contribution in [1.82, 2.24) is 5.32 Å². The topological polar surface area (TPSA) is 36.9 Å². The Morgan fingerprint density at radius 1 is 1.78 bits per heavy atom. The van der Waals surface area contributed by atoms with Crippen molar-refractivity contribution in [1.29, 1.82) is 0 Å². The van der Waals surface area contributed by atoms with E-state index in [1.54, 1.807) is 0 Å². The molecule has 2 aliphatic rings. The minimum atomic E-state index is 0.200. The zero-order valence-electron chi connectivity index (χ0n) is 5.16. The quantitative estimate of drug-likeness (QED) is 0.470. The van der Waals surface area contributed by atoms with Gasteiger partial charge in [0.05, 0.1) is 5.70 Å². The molecule has 0 aromatic carbocycles. The van der Waals surface area contributed by atoms with Crippen molar-refractivity contribution in [3.05, 3.63) is 11.9 Å². The third kappa shape index (κ3) is 0.833. The second-order valence-corrected chi connectivity index (χ2v) is 2.25. The smallest absolute Gasteiger partial charge is 0.160 e. The number of aliphatic imine (C=N–C) groups is 1. The van der Waals surface area contributed by atoms with Crippen molar-refractivity contribution in [3.63, 3.8) is 0 Å². The number of allylic oxidation sites excluding steroid dienone is 1. The second-order valence-electron chi connectivity index (χ2n) is 2.25. The summed E-state index contributed by atoms with van der Waals surface area (Å²) in [6.07, 6.45) is 4.12. The monoisotopic (exact) mass is 124 g/mol. The molecule has 48 valence electrons. The highest BCUT2D eigenvalue weighted by atomic mass is 16.6. The molecule has 2 unspecified atom stereocenters. The van der Waals surface area contributed by atoms with E-state index in [2.05, 4.69) is 10.3 Å². The molecule has 0 amide bonds. The normalized spacial score (nSPS) is 38.1. The molecule has 0 aromatic heterocycles. The van der Waals surface area contributed by atoms with E-state index in [9.17, 15) is 0 Å². The second kappa shape index (κ2) is 1.57. The highest BCUT2D eigenvalue weighted by Gasteiger charge is 2.37. The van der Waals surface area contributed by atoms with E-state index in [0.717, 1.165) is 5.70 Å². The summed E-state index contributed by atoms with van der Waals surface area (Å²) in [7, 11) is 0. The highest BCUT2D eigenvalue weighted by molar-refractivity contribution is 5.68. The van der Waals surface area contributed by atoms with Crippen molar-refractivity contribution in [2.75, 3.05) is 0 Å². The average molecular weight is 124 g/mol. The van der Waals surface area contributed by atoms with E-state index in [1.807, 2.05) is 19.3 Å². The summed E-state index contributed by atoms with van der Waals surface area (Å²) in [6.45, 7) is 1.95. The summed E-state index contributed by atoms with van der Waals surface area (Å²) in [5, 5.41) is 3.06. The molecule has 3 heteroatoms. The summed E-state index contributed by atoms with van der Waals surface area (Å²) in [5.74, 6) is 0. The molecule has 1 saturated heterocycles. The fourth-order valence-electron chi connectivity index (χ4n) is 0.802. The van der Waals surface area contributed by atoms with Crippen molar-refractivity contribution in [2.24, 2.45) is 4.99 Å². The molecule has 0 spiro atoms. The lowest BCUT2D eigenvalue weighted by molar-refractivity contribution is 0.378. The zero-order valence-corrected chi connectivity index (χ0v) is 5.16. The summed E-state index contributed by atoms with van der Waals surface area (Å²) < 4.78 is 5.10. The van der Waals surface area contributed by atoms with Gasteiger partial charge in [0.15, 0.2) is 6.23 Å². The van der Waals surface area contributed by atoms with Gasteiger partial charge in [-0.05, 0) is 6.92 Å². The number of hydrogen-bond donors (Lipinski definition) is 1. The van der Waals surface area contributed by atoms with Gasteiger partial charge in [-0.25, -0.2) is 0 Å². The lowest BCUT2D eigenvalue weighted by atomic mass is 10.5. The van der Waals surface area contributed by atoms with E-state index >= 15 is 0 Å². The van der Waals surface area contributed by atoms with Crippen LogP contribution in [0.4, 0.5) is 0 Å². The van der Waals surface area contributed by atoms with Crippen LogP contribution in [-0.4, -0.2) is 18.5 Å². The molecule has 0 aliphatic carbocycles. The van der Waals surface area contributed by atoms with Crippen LogP contribution in [0.5, 0.6) is 0 Å². The molecule has 0 bridgehead atoms. The number of nitrogens with zero attached hydrogens (tertiary/aromatic N) is 1. The zero-order chi connectivity index (χ0) is 6.27. The Kier molecular flexibility index (Phi) is 0.873. The lowest BCUT2D eigenvalue weighted by Crippen LogP contribution is -2.11. The van der Waals surface area contributed by atoms with E-state index in [0.29, 0.717) is 0 Å². The molecule has 9 heavy (non-hydrogen) atoms. The minimum Gasteiger partial charge on any atom is -0.362 e. The molecule has 1 fully saturated rings. The Hall–Kier alpha value is -0.830. The van der Waals surface area contributed by atoms with Gasteiger partial charge in [-0.2, -0.15) is 0 Å². The highest BCUT2D eigenvalue weighted by Crippen LogP contribution is 2.19. The van der Waals surface area contributed by atoms with Gasteiger partial charge in [0, 0.05) is 12.4 Å². The molecule has 0 saturated carbocycles. The van der Waals surface area contributed by atoms with Gasteiger partial charge in [-0.1, -0.05) is 0 Å². The molecular formula is C6H8N2O. The number of epoxide rings is 1. The van der Waals surface area contributed by atoms with Gasteiger partial charge in [0.2, 0.25) is 0 Å². The van der Waals surface area contributed by atoms with Crippen LogP contribution in [0.25, 0.3) is 0 Å². The first-order chi connectivity index (χ1) is 4.36. The number of fused-ring (bicyclic) bond motifs is 1. The molecule has 1 N–H and O–H groups in total. The molecule has 2 atom stereocenters. The predicted molar refractivity (Wildman–Crippen MR) is 34.0 cm³/mol. The third-order valence-electron chi connectivity index (χ3n) is 1.41. The van der Waals surface area contributed by atoms with Crippen molar-refractivity contribution in [2.45, 2.75) is 19.3 Å². The predicted octanol–water partition coefficient (Wildman–Crippen LogP) is 0.247. The van der Waals surface area contributed by atoms with Crippen molar-refractivity contribution < 1.29 is 4.74 Å². The first-order valence-electron chi connectivity index (χ1n) is 2.99. The number of rotatable bonds is 0. The van der Waals surface area contributed by atoms with E-state index in [1.165, 1.54) is 0 Å². The fourth-order valence-corrected chi connectivity index (χ4v) is 0.802. The summed E-state index contributed by atoms with van der Waals surface area (Å²) in [6, 6.07) is 0. The Morgan fingerprint density at radius 2 is 2.67 bits per heavy atom. The summed E-state index contributed by atoms with van der Waals surface area (Å²) in [4.78, 5) is 4.09. The van der Waals surface area contributed by atoms with Crippen LogP contribution < -0.4 is 5.32 Å². The summed E-state index contributed by atoms with van der Waals surface area (Å²) in [5.41, 5.74) is 1.01. The van der Waals surface area contributed by atoms with Gasteiger partial charge < -0.3 is 10.1 Å². The first-order valence-corrected chi connectivity index (χ1v) is 2.99. The Labute approximate surface area is 53.4 Å². The van der Waals surface area contributed by atoms with Gasteiger partial charge >= 0.3 is 0 Å². The number of ether oxygens (including phenoxy) is 1. The lowest BCUT2D eigenvalue weighted by Gasteiger charge is -1.90. The maximum atomic E-state index is 5.10. The van der Waals surface area contributed by atoms with Gasteiger partial charge in [0.25, 0.3) is 0 Å². The molecule has 3 nitrogen and oxygen atoms in total. The van der Waals surface area contributed by atoms with E-state index in [-0.39, 0.29) is 12.3 Å². The van der Waals surface area contributed by atoms with Crippen LogP contribution in [-0.2, 0) is 4.74 Å². The standard InChI is InChI=1S/C6H8N2O/c1-4-2-8-6-5(9-6)3-7-4/h2-3,5-6,8H,1H3. The third-order valence-corrected chi connectivity index (χ3v) is 1.41. The minimum absolute atomic E-state index is 0.200. The molecule has 0 aromatic rings. The Bertz CT molecular complexity index is 185. The maximum Gasteiger partial charge on any atom is 0.160 e. The van der Waals surface area contributed by atoms with Crippen molar-refractivity contribution >= 4 is 6.21 Å². The summed E-state index contributed by atoms with van der Waals surface area (Å²) >= 11 is 0. The molecule has 0 radical (unpaired) electrons. The fraction of sp³-hybridized carbons (Fsp3) is 0.500. The van der Waals surface area contributed by atoms with Crippen LogP contribution in [0, 0.1) is 0 Å². The maximum absolute atomic E-state index is 5.10. The number of nitrogens with one attached hydrogen (secondary N) is 1. The van der Waals surface area contributed by atoms with Gasteiger partial charge in [0.1, 0.15) is 6.10 Å². The first kappa shape index (κ1) is 4.99. The Morgan fingerprint density at radius 3 is 3.56 bits per heavy atom. The van der Waals surface area contributed by atoms with Crippen LogP contribution in [0.1, 0.15) is 6.92 Å². The van der Waals surface area contributed by atoms with E-state index < -0.39 is 0 Å². The van der Waals surface area contributed by atoms with Gasteiger partial charge in [-0.3, -0.25) is 4.99 Å². The number of hydrogen-bond acceptors (Lipinski definition) is 3. The Balaban J connectivity index is 2.16. The molecule has 2 aliphatic heterocycles. The average Bonchev–Trinajstić information content (AvgIpc) is 2.54. The van der Waals surface area contributed by atoms with Crippen LogP contribution in [0.2, 0.25) is 0 Å². The van der Waals surface area contributed by atoms with Crippen LogP contribution >= 0.6 is 0 Å².